The van der Waals surface area contributed by atoms with Crippen LogP contribution in [0.5, 0.6) is 0 Å². The molecule has 0 atom stereocenters. The van der Waals surface area contributed by atoms with Crippen molar-refractivity contribution in [2.24, 2.45) is 0 Å². The fraction of sp³-hybridized carbons (Fsp3) is 0.429. The highest BCUT2D eigenvalue weighted by molar-refractivity contribution is 9.10. The van der Waals surface area contributed by atoms with Gasteiger partial charge in [0.1, 0.15) is 0 Å². The Kier molecular flexibility index (Phi) is 4.58. The van der Waals surface area contributed by atoms with E-state index >= 15 is 0 Å². The topological polar surface area (TPSA) is 39.8 Å². The van der Waals surface area contributed by atoms with Crippen molar-refractivity contribution in [3.63, 3.8) is 0 Å². The zero-order chi connectivity index (χ0) is 13.8. The summed E-state index contributed by atoms with van der Waals surface area (Å²) in [6.07, 6.45) is 5.91. The van der Waals surface area contributed by atoms with Crippen molar-refractivity contribution in [3.8, 4) is 0 Å². The van der Waals surface area contributed by atoms with E-state index in [0.29, 0.717) is 12.6 Å². The molecule has 0 saturated heterocycles. The van der Waals surface area contributed by atoms with Crippen LogP contribution in [0.15, 0.2) is 39.9 Å². The average molecular weight is 324 g/mol. The van der Waals surface area contributed by atoms with Gasteiger partial charge in [-0.2, -0.15) is 5.10 Å². The number of aromatic nitrogens is 3. The van der Waals surface area contributed by atoms with E-state index in [1.54, 1.807) is 22.9 Å². The molecule has 0 spiro atoms. The molecule has 102 valence electrons. The van der Waals surface area contributed by atoms with Crippen molar-refractivity contribution in [2.45, 2.75) is 39.3 Å². The van der Waals surface area contributed by atoms with Crippen LogP contribution in [0.2, 0.25) is 0 Å². The van der Waals surface area contributed by atoms with Gasteiger partial charge >= 0.3 is 0 Å². The van der Waals surface area contributed by atoms with Gasteiger partial charge in [0.2, 0.25) is 0 Å². The fourth-order valence-electron chi connectivity index (χ4n) is 2.13. The highest BCUT2D eigenvalue weighted by Gasteiger charge is 2.08. The minimum atomic E-state index is -0.0136. The summed E-state index contributed by atoms with van der Waals surface area (Å²) in [6.45, 7) is 4.83. The molecule has 0 radical (unpaired) electrons. The highest BCUT2D eigenvalue weighted by Crippen LogP contribution is 2.15. The van der Waals surface area contributed by atoms with Gasteiger partial charge in [-0.3, -0.25) is 9.48 Å². The summed E-state index contributed by atoms with van der Waals surface area (Å²) >= 11 is 3.38. The normalized spacial score (nSPS) is 11.2. The third-order valence-electron chi connectivity index (χ3n) is 3.26. The molecule has 2 rings (SSSR count). The zero-order valence-electron chi connectivity index (χ0n) is 11.2. The maximum Gasteiger partial charge on any atom is 0.250 e. The van der Waals surface area contributed by atoms with Crippen molar-refractivity contribution >= 4 is 15.9 Å². The molecule has 0 amide bonds. The van der Waals surface area contributed by atoms with Gasteiger partial charge in [-0.05, 0) is 40.9 Å². The second kappa shape index (κ2) is 6.19. The minimum Gasteiger partial charge on any atom is -0.308 e. The first-order chi connectivity index (χ1) is 9.13. The monoisotopic (exact) mass is 323 g/mol. The van der Waals surface area contributed by atoms with Gasteiger partial charge in [0.15, 0.2) is 0 Å². The molecule has 2 aromatic heterocycles. The molecule has 19 heavy (non-hydrogen) atoms. The quantitative estimate of drug-likeness (QED) is 0.847. The van der Waals surface area contributed by atoms with Crippen LogP contribution >= 0.6 is 15.9 Å². The number of halogens is 1. The van der Waals surface area contributed by atoms with Crippen molar-refractivity contribution in [1.29, 1.82) is 0 Å². The molecule has 5 heteroatoms. The summed E-state index contributed by atoms with van der Waals surface area (Å²) in [6, 6.07) is 5.72. The number of nitrogens with zero attached hydrogens (tertiary/aromatic N) is 3. The molecule has 0 saturated carbocycles. The third-order valence-corrected chi connectivity index (χ3v) is 3.73. The number of rotatable bonds is 5. The molecule has 2 heterocycles. The van der Waals surface area contributed by atoms with E-state index in [-0.39, 0.29) is 5.56 Å². The maximum absolute atomic E-state index is 11.7. The first-order valence-corrected chi connectivity index (χ1v) is 7.33. The average Bonchev–Trinajstić information content (AvgIpc) is 2.84. The molecule has 0 aliphatic heterocycles. The van der Waals surface area contributed by atoms with Gasteiger partial charge in [0, 0.05) is 22.9 Å². The van der Waals surface area contributed by atoms with Crippen molar-refractivity contribution in [3.05, 3.63) is 51.1 Å². The third kappa shape index (κ3) is 3.35. The van der Waals surface area contributed by atoms with Crippen LogP contribution in [0.1, 0.15) is 38.4 Å². The van der Waals surface area contributed by atoms with E-state index in [1.807, 2.05) is 16.9 Å². The number of hydrogen-bond donors (Lipinski definition) is 0. The Morgan fingerprint density at radius 2 is 2.00 bits per heavy atom. The number of pyridine rings is 1. The maximum atomic E-state index is 11.7. The van der Waals surface area contributed by atoms with Crippen LogP contribution in [0, 0.1) is 0 Å². The molecule has 2 aromatic rings. The van der Waals surface area contributed by atoms with Crippen LogP contribution < -0.4 is 5.56 Å². The minimum absolute atomic E-state index is 0.0136. The largest absolute Gasteiger partial charge is 0.308 e. The van der Waals surface area contributed by atoms with E-state index in [4.69, 9.17) is 0 Å². The lowest BCUT2D eigenvalue weighted by Crippen LogP contribution is -2.19. The van der Waals surface area contributed by atoms with Gasteiger partial charge in [-0.25, -0.2) is 0 Å². The Labute approximate surface area is 121 Å². The van der Waals surface area contributed by atoms with Crippen molar-refractivity contribution < 1.29 is 0 Å². The van der Waals surface area contributed by atoms with Gasteiger partial charge in [0.05, 0.1) is 18.3 Å². The lowest BCUT2D eigenvalue weighted by atomic mass is 10.2. The fourth-order valence-corrected chi connectivity index (χ4v) is 2.51. The summed E-state index contributed by atoms with van der Waals surface area (Å²) < 4.78 is 4.55. The van der Waals surface area contributed by atoms with Crippen LogP contribution in [0.3, 0.4) is 0 Å². The van der Waals surface area contributed by atoms with Crippen molar-refractivity contribution in [2.75, 3.05) is 0 Å². The zero-order valence-corrected chi connectivity index (χ0v) is 12.8. The Morgan fingerprint density at radius 3 is 2.68 bits per heavy atom. The molecule has 0 aromatic carbocycles. The first-order valence-electron chi connectivity index (χ1n) is 6.54. The van der Waals surface area contributed by atoms with Crippen molar-refractivity contribution in [1.82, 2.24) is 14.3 Å². The summed E-state index contributed by atoms with van der Waals surface area (Å²) in [5, 5.41) is 4.56. The van der Waals surface area contributed by atoms with Gasteiger partial charge in [-0.1, -0.05) is 13.8 Å². The first kappa shape index (κ1) is 14.1. The Bertz CT molecular complexity index is 599. The molecule has 0 bridgehead atoms. The van der Waals surface area contributed by atoms with E-state index in [1.165, 1.54) is 0 Å². The lowest BCUT2D eigenvalue weighted by Gasteiger charge is -2.12. The van der Waals surface area contributed by atoms with Gasteiger partial charge in [0.25, 0.3) is 5.56 Å². The lowest BCUT2D eigenvalue weighted by molar-refractivity contribution is 0.424. The van der Waals surface area contributed by atoms with Crippen LogP contribution in [-0.2, 0) is 6.54 Å². The van der Waals surface area contributed by atoms with Crippen LogP contribution in [-0.4, -0.2) is 14.3 Å². The smallest absolute Gasteiger partial charge is 0.250 e. The predicted octanol–water partition coefficient (Wildman–Crippen LogP) is 3.22. The van der Waals surface area contributed by atoms with E-state index < -0.39 is 0 Å². The van der Waals surface area contributed by atoms with Crippen LogP contribution in [0.4, 0.5) is 0 Å². The standard InChI is InChI=1S/C14H18BrN3O/c1-3-13(4-2)18-8-7-12(16-18)10-17-9-11(15)5-6-14(17)19/h5-9,13H,3-4,10H2,1-2H3. The molecule has 0 N–H and O–H groups in total. The summed E-state index contributed by atoms with van der Waals surface area (Å²) in [5.74, 6) is 0. The second-order valence-electron chi connectivity index (χ2n) is 4.57. The summed E-state index contributed by atoms with van der Waals surface area (Å²) in [5.41, 5.74) is 0.896. The summed E-state index contributed by atoms with van der Waals surface area (Å²) in [4.78, 5) is 11.7. The molecule has 0 aliphatic carbocycles. The molecular weight excluding hydrogens is 306 g/mol. The van der Waals surface area contributed by atoms with Gasteiger partial charge < -0.3 is 4.57 Å². The molecule has 0 unspecified atom stereocenters. The SMILES string of the molecule is CCC(CC)n1ccc(Cn2cc(Br)ccc2=O)n1. The van der Waals surface area contributed by atoms with Crippen LogP contribution in [0.25, 0.3) is 0 Å². The van der Waals surface area contributed by atoms with E-state index in [9.17, 15) is 4.79 Å². The summed E-state index contributed by atoms with van der Waals surface area (Å²) in [7, 11) is 0. The van der Waals surface area contributed by atoms with E-state index in [2.05, 4.69) is 34.9 Å². The molecule has 0 fully saturated rings. The Hall–Kier alpha value is -1.36. The Balaban J connectivity index is 2.20. The molecular formula is C14H18BrN3O. The number of hydrogen-bond acceptors (Lipinski definition) is 2. The molecule has 0 aliphatic rings. The second-order valence-corrected chi connectivity index (χ2v) is 5.49. The van der Waals surface area contributed by atoms with Gasteiger partial charge in [-0.15, -0.1) is 0 Å². The molecule has 4 nitrogen and oxygen atoms in total. The van der Waals surface area contributed by atoms with E-state index in [0.717, 1.165) is 23.0 Å². The highest BCUT2D eigenvalue weighted by atomic mass is 79.9. The predicted molar refractivity (Wildman–Crippen MR) is 79.4 cm³/mol. The Morgan fingerprint density at radius 1 is 1.26 bits per heavy atom.